The van der Waals surface area contributed by atoms with Crippen LogP contribution < -0.4 is 5.32 Å². The van der Waals surface area contributed by atoms with Crippen LogP contribution in [0.2, 0.25) is 0 Å². The number of carbonyl (C=O) groups is 1. The molecule has 3 rings (SSSR count). The zero-order valence-electron chi connectivity index (χ0n) is 14.8. The molecule has 0 radical (unpaired) electrons. The highest BCUT2D eigenvalue weighted by Crippen LogP contribution is 2.33. The van der Waals surface area contributed by atoms with E-state index in [1.54, 1.807) is 24.0 Å². The van der Waals surface area contributed by atoms with Gasteiger partial charge in [0, 0.05) is 42.2 Å². The standard InChI is InChI=1S/C18H13F3N4O3S/c1-24-9-8-22-17(24)29-15-7-6-13(25(27)28)10-14(15)16(26)23-12-4-2-11(3-5-12)18(19,20)21/h2-10H,1H3,(H,23,26). The zero-order chi connectivity index (χ0) is 21.2. The normalized spacial score (nSPS) is 11.3. The quantitative estimate of drug-likeness (QED) is 0.473. The fourth-order valence-corrected chi connectivity index (χ4v) is 3.30. The largest absolute Gasteiger partial charge is 0.416 e. The lowest BCUT2D eigenvalue weighted by Gasteiger charge is -2.11. The lowest BCUT2D eigenvalue weighted by Crippen LogP contribution is -2.14. The van der Waals surface area contributed by atoms with Crippen LogP contribution in [-0.4, -0.2) is 20.4 Å². The van der Waals surface area contributed by atoms with Gasteiger partial charge in [-0.15, -0.1) is 0 Å². The number of hydrogen-bond acceptors (Lipinski definition) is 5. The molecule has 1 N–H and O–H groups in total. The first-order valence-electron chi connectivity index (χ1n) is 8.07. The number of aromatic nitrogens is 2. The lowest BCUT2D eigenvalue weighted by molar-refractivity contribution is -0.384. The summed E-state index contributed by atoms with van der Waals surface area (Å²) < 4.78 is 39.7. The number of alkyl halides is 3. The van der Waals surface area contributed by atoms with Crippen molar-refractivity contribution in [2.45, 2.75) is 16.2 Å². The molecule has 29 heavy (non-hydrogen) atoms. The second-order valence-corrected chi connectivity index (χ2v) is 6.90. The van der Waals surface area contributed by atoms with Gasteiger partial charge in [-0.3, -0.25) is 14.9 Å². The Kier molecular flexibility index (Phi) is 5.59. The molecule has 0 aliphatic carbocycles. The predicted octanol–water partition coefficient (Wildman–Crippen LogP) is 4.75. The van der Waals surface area contributed by atoms with Crippen molar-refractivity contribution in [2.24, 2.45) is 7.05 Å². The van der Waals surface area contributed by atoms with E-state index in [1.165, 1.54) is 12.1 Å². The van der Waals surface area contributed by atoms with Crippen molar-refractivity contribution in [2.75, 3.05) is 5.32 Å². The Balaban J connectivity index is 1.90. The number of imidazole rings is 1. The molecule has 0 bridgehead atoms. The molecule has 1 amide bonds. The number of nitro benzene ring substituents is 1. The van der Waals surface area contributed by atoms with Gasteiger partial charge in [-0.25, -0.2) is 4.98 Å². The molecule has 0 aliphatic rings. The molecule has 150 valence electrons. The maximum atomic E-state index is 12.7. The van der Waals surface area contributed by atoms with Crippen molar-refractivity contribution >= 4 is 29.0 Å². The minimum atomic E-state index is -4.49. The van der Waals surface area contributed by atoms with E-state index in [0.717, 1.165) is 42.1 Å². The van der Waals surface area contributed by atoms with Gasteiger partial charge in [0.15, 0.2) is 5.16 Å². The number of nitro groups is 1. The number of nitrogens with zero attached hydrogens (tertiary/aromatic N) is 3. The number of amides is 1. The molecule has 0 atom stereocenters. The second-order valence-electron chi connectivity index (χ2n) is 5.89. The average molecular weight is 422 g/mol. The highest BCUT2D eigenvalue weighted by atomic mass is 32.2. The van der Waals surface area contributed by atoms with Crippen LogP contribution in [0.5, 0.6) is 0 Å². The van der Waals surface area contributed by atoms with Crippen LogP contribution in [0, 0.1) is 10.1 Å². The average Bonchev–Trinajstić information content (AvgIpc) is 3.06. The van der Waals surface area contributed by atoms with Crippen LogP contribution in [-0.2, 0) is 13.2 Å². The molecule has 0 fully saturated rings. The number of halogens is 3. The first-order chi connectivity index (χ1) is 13.6. The SMILES string of the molecule is Cn1ccnc1Sc1ccc([N+](=O)[O-])cc1C(=O)Nc1ccc(C(F)(F)F)cc1. The van der Waals surface area contributed by atoms with E-state index in [-0.39, 0.29) is 16.9 Å². The number of hydrogen-bond donors (Lipinski definition) is 1. The van der Waals surface area contributed by atoms with Gasteiger partial charge in [0.05, 0.1) is 16.1 Å². The summed E-state index contributed by atoms with van der Waals surface area (Å²) in [5.74, 6) is -0.690. The minimum absolute atomic E-state index is 0.00657. The van der Waals surface area contributed by atoms with Crippen LogP contribution in [0.3, 0.4) is 0 Å². The fourth-order valence-electron chi connectivity index (χ4n) is 2.39. The molecule has 3 aromatic rings. The van der Waals surface area contributed by atoms with Gasteiger partial charge in [0.25, 0.3) is 11.6 Å². The van der Waals surface area contributed by atoms with Gasteiger partial charge < -0.3 is 9.88 Å². The smallest absolute Gasteiger partial charge is 0.329 e. The topological polar surface area (TPSA) is 90.1 Å². The molecular formula is C18H13F3N4O3S. The zero-order valence-corrected chi connectivity index (χ0v) is 15.6. The summed E-state index contributed by atoms with van der Waals surface area (Å²) >= 11 is 1.13. The maximum absolute atomic E-state index is 12.7. The van der Waals surface area contributed by atoms with Crippen molar-refractivity contribution < 1.29 is 22.9 Å². The van der Waals surface area contributed by atoms with Crippen molar-refractivity contribution in [3.05, 3.63) is 76.1 Å². The maximum Gasteiger partial charge on any atom is 0.416 e. The van der Waals surface area contributed by atoms with Gasteiger partial charge in [0.2, 0.25) is 0 Å². The molecule has 0 saturated heterocycles. The van der Waals surface area contributed by atoms with E-state index in [1.807, 2.05) is 0 Å². The fraction of sp³-hybridized carbons (Fsp3) is 0.111. The van der Waals surface area contributed by atoms with E-state index in [4.69, 9.17) is 0 Å². The Bertz CT molecular complexity index is 1060. The molecule has 1 aromatic heterocycles. The van der Waals surface area contributed by atoms with Crippen molar-refractivity contribution in [1.82, 2.24) is 9.55 Å². The van der Waals surface area contributed by atoms with E-state index in [9.17, 15) is 28.1 Å². The third-order valence-electron chi connectivity index (χ3n) is 3.87. The predicted molar refractivity (Wildman–Crippen MR) is 99.8 cm³/mol. The minimum Gasteiger partial charge on any atom is -0.329 e. The van der Waals surface area contributed by atoms with Crippen LogP contribution in [0.25, 0.3) is 0 Å². The van der Waals surface area contributed by atoms with Crippen molar-refractivity contribution in [3.8, 4) is 0 Å². The highest BCUT2D eigenvalue weighted by molar-refractivity contribution is 7.99. The Labute approximate surface area is 166 Å². The van der Waals surface area contributed by atoms with Gasteiger partial charge in [0.1, 0.15) is 0 Å². The molecule has 11 heteroatoms. The summed E-state index contributed by atoms with van der Waals surface area (Å²) in [5.41, 5.74) is -1.00. The number of non-ortho nitro benzene ring substituents is 1. The molecule has 0 saturated carbocycles. The Morgan fingerprint density at radius 1 is 1.21 bits per heavy atom. The van der Waals surface area contributed by atoms with Gasteiger partial charge in [-0.2, -0.15) is 13.2 Å². The van der Waals surface area contributed by atoms with Gasteiger partial charge >= 0.3 is 6.18 Å². The Hall–Kier alpha value is -3.34. The number of nitrogens with one attached hydrogen (secondary N) is 1. The summed E-state index contributed by atoms with van der Waals surface area (Å²) in [5, 5.41) is 14.1. The van der Waals surface area contributed by atoms with Crippen LogP contribution in [0.4, 0.5) is 24.5 Å². The molecule has 1 heterocycles. The van der Waals surface area contributed by atoms with Gasteiger partial charge in [-0.1, -0.05) is 11.8 Å². The second kappa shape index (κ2) is 7.95. The van der Waals surface area contributed by atoms with Crippen molar-refractivity contribution in [3.63, 3.8) is 0 Å². The first-order valence-corrected chi connectivity index (χ1v) is 8.89. The Morgan fingerprint density at radius 3 is 2.45 bits per heavy atom. The molecule has 0 spiro atoms. The summed E-state index contributed by atoms with van der Waals surface area (Å²) in [6.45, 7) is 0. The number of anilines is 1. The molecule has 2 aromatic carbocycles. The summed E-state index contributed by atoms with van der Waals surface area (Å²) in [6.07, 6.45) is -1.22. The summed E-state index contributed by atoms with van der Waals surface area (Å²) in [4.78, 5) is 27.7. The monoisotopic (exact) mass is 422 g/mol. The first kappa shape index (κ1) is 20.4. The third-order valence-corrected chi connectivity index (χ3v) is 5.02. The molecule has 7 nitrogen and oxygen atoms in total. The number of benzene rings is 2. The van der Waals surface area contributed by atoms with E-state index in [0.29, 0.717) is 10.1 Å². The van der Waals surface area contributed by atoms with E-state index >= 15 is 0 Å². The third kappa shape index (κ3) is 4.74. The molecule has 0 unspecified atom stereocenters. The number of aryl methyl sites for hydroxylation is 1. The van der Waals surface area contributed by atoms with Crippen LogP contribution in [0.15, 0.2) is 64.9 Å². The molecular weight excluding hydrogens is 409 g/mol. The van der Waals surface area contributed by atoms with E-state index < -0.39 is 22.6 Å². The van der Waals surface area contributed by atoms with Crippen molar-refractivity contribution in [1.29, 1.82) is 0 Å². The van der Waals surface area contributed by atoms with Crippen LogP contribution >= 0.6 is 11.8 Å². The van der Waals surface area contributed by atoms with Gasteiger partial charge in [-0.05, 0) is 30.3 Å². The van der Waals surface area contributed by atoms with Crippen LogP contribution in [0.1, 0.15) is 15.9 Å². The molecule has 0 aliphatic heterocycles. The Morgan fingerprint density at radius 2 is 1.90 bits per heavy atom. The summed E-state index contributed by atoms with van der Waals surface area (Å²) in [6, 6.07) is 7.72. The number of rotatable bonds is 5. The highest BCUT2D eigenvalue weighted by Gasteiger charge is 2.30. The number of carbonyl (C=O) groups excluding carboxylic acids is 1. The van der Waals surface area contributed by atoms with E-state index in [2.05, 4.69) is 10.3 Å². The summed E-state index contributed by atoms with van der Waals surface area (Å²) in [7, 11) is 1.75. The lowest BCUT2D eigenvalue weighted by atomic mass is 10.1.